The Kier molecular flexibility index (Phi) is 7.38. The fraction of sp³-hybridized carbons (Fsp3) is 0.632. The summed E-state index contributed by atoms with van der Waals surface area (Å²) in [7, 11) is 0. The van der Waals surface area contributed by atoms with Gasteiger partial charge in [0, 0.05) is 19.7 Å². The number of rotatable bonds is 7. The number of anilines is 1. The molecule has 0 saturated carbocycles. The van der Waals surface area contributed by atoms with Gasteiger partial charge in [0.2, 0.25) is 0 Å². The lowest BCUT2D eigenvalue weighted by Crippen LogP contribution is -2.30. The number of nitrogens with one attached hydrogen (secondary N) is 1. The molecule has 7 nitrogen and oxygen atoms in total. The minimum atomic E-state index is -0.542. The van der Waals surface area contributed by atoms with Crippen LogP contribution in [0, 0.1) is 6.92 Å². The highest BCUT2D eigenvalue weighted by molar-refractivity contribution is 7.18. The maximum Gasteiger partial charge on any atom is 0.341 e. The van der Waals surface area contributed by atoms with Crippen molar-refractivity contribution in [2.24, 2.45) is 0 Å². The summed E-state index contributed by atoms with van der Waals surface area (Å²) >= 11 is 1.12. The molecule has 0 unspecified atom stereocenters. The van der Waals surface area contributed by atoms with Crippen LogP contribution in [0.1, 0.15) is 66.1 Å². The number of carbonyl (C=O) groups is 3. The first-order chi connectivity index (χ1) is 12.8. The molecular formula is C19H28N2O5S. The summed E-state index contributed by atoms with van der Waals surface area (Å²) in [6.07, 6.45) is 0.645. The molecule has 1 atom stereocenters. The predicted octanol–water partition coefficient (Wildman–Crippen LogP) is 3.22. The fourth-order valence-electron chi connectivity index (χ4n) is 2.96. The van der Waals surface area contributed by atoms with E-state index in [1.54, 1.807) is 25.7 Å². The Morgan fingerprint density at radius 2 is 1.96 bits per heavy atom. The van der Waals surface area contributed by atoms with Crippen LogP contribution in [-0.2, 0) is 14.3 Å². The molecular weight excluding hydrogens is 368 g/mol. The molecule has 1 fully saturated rings. The second-order valence-corrected chi connectivity index (χ2v) is 7.70. The number of carbonyl (C=O) groups excluding carboxylic acids is 3. The maximum atomic E-state index is 12.8. The zero-order valence-corrected chi connectivity index (χ0v) is 17.4. The van der Waals surface area contributed by atoms with Gasteiger partial charge in [0.25, 0.3) is 11.8 Å². The van der Waals surface area contributed by atoms with Crippen molar-refractivity contribution >= 4 is 34.1 Å². The van der Waals surface area contributed by atoms with E-state index in [2.05, 4.69) is 5.32 Å². The standard InChI is InChI=1S/C19H28N2O5S/c1-6-21(7-2)18(23)15-12(5)14(19(24)26-11(3)4)17(27-15)20-16(22)13-9-8-10-25-13/h11,13H,6-10H2,1-5H3,(H,20,22)/t13-/m1/s1. The number of esters is 1. The Balaban J connectivity index is 2.39. The quantitative estimate of drug-likeness (QED) is 0.715. The van der Waals surface area contributed by atoms with Gasteiger partial charge in [-0.1, -0.05) is 0 Å². The van der Waals surface area contributed by atoms with Crippen molar-refractivity contribution in [2.45, 2.75) is 59.7 Å². The topological polar surface area (TPSA) is 84.9 Å². The summed E-state index contributed by atoms with van der Waals surface area (Å²) in [5.41, 5.74) is 0.778. The third-order valence-corrected chi connectivity index (χ3v) is 5.59. The monoisotopic (exact) mass is 396 g/mol. The van der Waals surface area contributed by atoms with Gasteiger partial charge in [0.1, 0.15) is 11.1 Å². The first-order valence-electron chi connectivity index (χ1n) is 9.36. The summed E-state index contributed by atoms with van der Waals surface area (Å²) in [5.74, 6) is -0.993. The molecule has 2 heterocycles. The van der Waals surface area contributed by atoms with Gasteiger partial charge in [0.15, 0.2) is 0 Å². The molecule has 1 aromatic rings. The van der Waals surface area contributed by atoms with Gasteiger partial charge in [0.05, 0.1) is 16.5 Å². The van der Waals surface area contributed by atoms with Crippen molar-refractivity contribution in [1.29, 1.82) is 0 Å². The van der Waals surface area contributed by atoms with Gasteiger partial charge in [-0.2, -0.15) is 0 Å². The SMILES string of the molecule is CCN(CC)C(=O)c1sc(NC(=O)[C@H]2CCCO2)c(C(=O)OC(C)C)c1C. The van der Waals surface area contributed by atoms with Crippen LogP contribution in [0.15, 0.2) is 0 Å². The zero-order chi connectivity index (χ0) is 20.1. The Labute approximate surface area is 164 Å². The molecule has 2 rings (SSSR count). The lowest BCUT2D eigenvalue weighted by Gasteiger charge is -2.18. The molecule has 1 aromatic heterocycles. The number of hydrogen-bond acceptors (Lipinski definition) is 6. The van der Waals surface area contributed by atoms with Crippen molar-refractivity contribution < 1.29 is 23.9 Å². The van der Waals surface area contributed by atoms with Crippen molar-refractivity contribution in [3.8, 4) is 0 Å². The van der Waals surface area contributed by atoms with E-state index in [4.69, 9.17) is 9.47 Å². The largest absolute Gasteiger partial charge is 0.459 e. The molecule has 0 aliphatic carbocycles. The summed E-state index contributed by atoms with van der Waals surface area (Å²) in [6, 6.07) is 0. The number of hydrogen-bond donors (Lipinski definition) is 1. The van der Waals surface area contributed by atoms with Crippen molar-refractivity contribution in [1.82, 2.24) is 4.90 Å². The van der Waals surface area contributed by atoms with Gasteiger partial charge < -0.3 is 19.7 Å². The van der Waals surface area contributed by atoms with E-state index >= 15 is 0 Å². The molecule has 0 radical (unpaired) electrons. The minimum absolute atomic E-state index is 0.154. The van der Waals surface area contributed by atoms with Crippen LogP contribution in [0.5, 0.6) is 0 Å². The number of amides is 2. The van der Waals surface area contributed by atoms with Crippen LogP contribution in [0.2, 0.25) is 0 Å². The average molecular weight is 397 g/mol. The van der Waals surface area contributed by atoms with Gasteiger partial charge in [-0.3, -0.25) is 9.59 Å². The number of ether oxygens (including phenoxy) is 2. The second kappa shape index (κ2) is 9.32. The highest BCUT2D eigenvalue weighted by Crippen LogP contribution is 2.35. The van der Waals surface area contributed by atoms with E-state index < -0.39 is 12.1 Å². The molecule has 27 heavy (non-hydrogen) atoms. The number of thiophene rings is 1. The predicted molar refractivity (Wildman–Crippen MR) is 104 cm³/mol. The summed E-state index contributed by atoms with van der Waals surface area (Å²) in [5, 5.41) is 3.12. The summed E-state index contributed by atoms with van der Waals surface area (Å²) in [4.78, 5) is 40.0. The highest BCUT2D eigenvalue weighted by atomic mass is 32.1. The van der Waals surface area contributed by atoms with Crippen LogP contribution in [0.25, 0.3) is 0 Å². The van der Waals surface area contributed by atoms with Crippen LogP contribution < -0.4 is 5.32 Å². The number of nitrogens with zero attached hydrogens (tertiary/aromatic N) is 1. The van der Waals surface area contributed by atoms with E-state index in [0.717, 1.165) is 17.8 Å². The molecule has 1 aliphatic rings. The van der Waals surface area contributed by atoms with E-state index in [1.807, 2.05) is 13.8 Å². The van der Waals surface area contributed by atoms with E-state index in [-0.39, 0.29) is 23.5 Å². The van der Waals surface area contributed by atoms with Gasteiger partial charge in [-0.05, 0) is 53.0 Å². The maximum absolute atomic E-state index is 12.8. The van der Waals surface area contributed by atoms with E-state index in [1.165, 1.54) is 0 Å². The Bertz CT molecular complexity index is 703. The van der Waals surface area contributed by atoms with Gasteiger partial charge in [-0.25, -0.2) is 4.79 Å². The normalized spacial score (nSPS) is 16.4. The first-order valence-corrected chi connectivity index (χ1v) is 10.2. The Morgan fingerprint density at radius 1 is 1.30 bits per heavy atom. The molecule has 1 saturated heterocycles. The lowest BCUT2D eigenvalue weighted by molar-refractivity contribution is -0.124. The third kappa shape index (κ3) is 4.87. The summed E-state index contributed by atoms with van der Waals surface area (Å²) in [6.45, 7) is 10.7. The summed E-state index contributed by atoms with van der Waals surface area (Å²) < 4.78 is 10.7. The first kappa shape index (κ1) is 21.4. The smallest absolute Gasteiger partial charge is 0.341 e. The van der Waals surface area contributed by atoms with Crippen molar-refractivity contribution in [2.75, 3.05) is 25.0 Å². The lowest BCUT2D eigenvalue weighted by atomic mass is 10.1. The van der Waals surface area contributed by atoms with E-state index in [0.29, 0.717) is 41.6 Å². The molecule has 0 aromatic carbocycles. The molecule has 1 aliphatic heterocycles. The minimum Gasteiger partial charge on any atom is -0.459 e. The van der Waals surface area contributed by atoms with Crippen molar-refractivity contribution in [3.05, 3.63) is 16.0 Å². The van der Waals surface area contributed by atoms with Crippen LogP contribution >= 0.6 is 11.3 Å². The molecule has 0 spiro atoms. The van der Waals surface area contributed by atoms with Gasteiger partial charge >= 0.3 is 5.97 Å². The molecule has 150 valence electrons. The Hall–Kier alpha value is -1.93. The zero-order valence-electron chi connectivity index (χ0n) is 16.6. The average Bonchev–Trinajstić information content (AvgIpc) is 3.23. The fourth-order valence-corrected chi connectivity index (χ4v) is 4.12. The molecule has 1 N–H and O–H groups in total. The van der Waals surface area contributed by atoms with Crippen LogP contribution in [-0.4, -0.2) is 54.6 Å². The Morgan fingerprint density at radius 3 is 2.48 bits per heavy atom. The highest BCUT2D eigenvalue weighted by Gasteiger charge is 2.31. The molecule has 0 bridgehead atoms. The molecule has 2 amide bonds. The van der Waals surface area contributed by atoms with Crippen LogP contribution in [0.3, 0.4) is 0 Å². The van der Waals surface area contributed by atoms with Crippen LogP contribution in [0.4, 0.5) is 5.00 Å². The van der Waals surface area contributed by atoms with E-state index in [9.17, 15) is 14.4 Å². The van der Waals surface area contributed by atoms with Gasteiger partial charge in [-0.15, -0.1) is 11.3 Å². The van der Waals surface area contributed by atoms with Crippen molar-refractivity contribution in [3.63, 3.8) is 0 Å². The third-order valence-electron chi connectivity index (χ3n) is 4.40. The molecule has 8 heteroatoms. The second-order valence-electron chi connectivity index (χ2n) is 6.68.